The van der Waals surface area contributed by atoms with Crippen LogP contribution >= 0.6 is 0 Å². The smallest absolute Gasteiger partial charge is 0.325 e. The number of para-hydroxylation sites is 1. The Kier molecular flexibility index (Phi) is 2.64. The number of fused-ring (bicyclic) bond motifs is 1. The van der Waals surface area contributed by atoms with Crippen molar-refractivity contribution in [3.8, 4) is 11.4 Å². The summed E-state index contributed by atoms with van der Waals surface area (Å²) >= 11 is 0. The van der Waals surface area contributed by atoms with Crippen LogP contribution in [0.2, 0.25) is 0 Å². The van der Waals surface area contributed by atoms with Gasteiger partial charge in [-0.2, -0.15) is 0 Å². The molecule has 0 saturated heterocycles. The van der Waals surface area contributed by atoms with E-state index in [1.807, 2.05) is 30.3 Å². The van der Waals surface area contributed by atoms with Gasteiger partial charge in [0.15, 0.2) is 5.82 Å². The fourth-order valence-corrected chi connectivity index (χ4v) is 1.92. The Morgan fingerprint density at radius 3 is 2.95 bits per heavy atom. The number of tetrazole rings is 1. The van der Waals surface area contributed by atoms with Crippen LogP contribution in [0.15, 0.2) is 36.5 Å². The maximum absolute atomic E-state index is 10.8. The minimum atomic E-state index is -0.998. The highest BCUT2D eigenvalue weighted by Crippen LogP contribution is 2.24. The SMILES string of the molecule is O=C(O)Cn1nnnc1-c1cccc2cccnc12. The number of carboxylic acids is 1. The third-order valence-corrected chi connectivity index (χ3v) is 2.69. The molecule has 0 fully saturated rings. The fourth-order valence-electron chi connectivity index (χ4n) is 1.92. The zero-order valence-corrected chi connectivity index (χ0v) is 9.76. The molecule has 0 spiro atoms. The molecule has 3 rings (SSSR count). The van der Waals surface area contributed by atoms with Crippen molar-refractivity contribution in [1.82, 2.24) is 25.2 Å². The minimum absolute atomic E-state index is 0.286. The van der Waals surface area contributed by atoms with Gasteiger partial charge in [-0.3, -0.25) is 9.78 Å². The summed E-state index contributed by atoms with van der Waals surface area (Å²) in [5.74, 6) is -0.603. The summed E-state index contributed by atoms with van der Waals surface area (Å²) in [6.07, 6.45) is 1.68. The van der Waals surface area contributed by atoms with Crippen molar-refractivity contribution in [3.63, 3.8) is 0 Å². The van der Waals surface area contributed by atoms with E-state index in [-0.39, 0.29) is 6.54 Å². The van der Waals surface area contributed by atoms with Crippen LogP contribution in [0.25, 0.3) is 22.3 Å². The molecule has 2 heterocycles. The zero-order chi connectivity index (χ0) is 13.2. The van der Waals surface area contributed by atoms with Gasteiger partial charge in [-0.1, -0.05) is 18.2 Å². The zero-order valence-electron chi connectivity index (χ0n) is 9.76. The molecule has 3 aromatic rings. The summed E-state index contributed by atoms with van der Waals surface area (Å²) < 4.78 is 1.24. The molecule has 19 heavy (non-hydrogen) atoms. The van der Waals surface area contributed by atoms with Gasteiger partial charge in [0.05, 0.1) is 5.52 Å². The lowest BCUT2D eigenvalue weighted by Gasteiger charge is -2.04. The molecule has 7 heteroatoms. The second-order valence-corrected chi connectivity index (χ2v) is 3.93. The first kappa shape index (κ1) is 11.3. The van der Waals surface area contributed by atoms with Crippen molar-refractivity contribution in [3.05, 3.63) is 36.5 Å². The second kappa shape index (κ2) is 4.45. The molecule has 0 saturated carbocycles. The summed E-state index contributed by atoms with van der Waals surface area (Å²) in [4.78, 5) is 15.1. The maximum atomic E-state index is 10.8. The van der Waals surface area contributed by atoms with Crippen LogP contribution in [0.3, 0.4) is 0 Å². The van der Waals surface area contributed by atoms with Gasteiger partial charge >= 0.3 is 5.97 Å². The van der Waals surface area contributed by atoms with E-state index in [9.17, 15) is 4.79 Å². The van der Waals surface area contributed by atoms with Crippen LogP contribution in [0, 0.1) is 0 Å². The number of hydrogen-bond acceptors (Lipinski definition) is 5. The first-order valence-electron chi connectivity index (χ1n) is 5.58. The van der Waals surface area contributed by atoms with Crippen LogP contribution in [-0.4, -0.2) is 36.3 Å². The van der Waals surface area contributed by atoms with Gasteiger partial charge in [0.2, 0.25) is 0 Å². The standard InChI is InChI=1S/C12H9N5O2/c18-10(19)7-17-12(14-15-16-17)9-5-1-3-8-4-2-6-13-11(8)9/h1-6H,7H2,(H,18,19). The highest BCUT2D eigenvalue weighted by molar-refractivity contribution is 5.91. The fraction of sp³-hybridized carbons (Fsp3) is 0.0833. The molecule has 2 aromatic heterocycles. The summed E-state index contributed by atoms with van der Waals surface area (Å²) in [6.45, 7) is -0.286. The average molecular weight is 255 g/mol. The second-order valence-electron chi connectivity index (χ2n) is 3.93. The van der Waals surface area contributed by atoms with Gasteiger partial charge in [0, 0.05) is 17.1 Å². The van der Waals surface area contributed by atoms with Crippen LogP contribution in [0.4, 0.5) is 0 Å². The predicted molar refractivity (Wildman–Crippen MR) is 66.2 cm³/mol. The van der Waals surface area contributed by atoms with E-state index in [4.69, 9.17) is 5.11 Å². The number of hydrogen-bond donors (Lipinski definition) is 1. The summed E-state index contributed by atoms with van der Waals surface area (Å²) in [5.41, 5.74) is 1.45. The van der Waals surface area contributed by atoms with E-state index in [2.05, 4.69) is 20.5 Å². The predicted octanol–water partition coefficient (Wildman–Crippen LogP) is 0.973. The number of carboxylic acid groups (broad SMARTS) is 1. The van der Waals surface area contributed by atoms with Crippen molar-refractivity contribution >= 4 is 16.9 Å². The molecule has 0 aliphatic rings. The van der Waals surface area contributed by atoms with Crippen molar-refractivity contribution < 1.29 is 9.90 Å². The quantitative estimate of drug-likeness (QED) is 0.749. The lowest BCUT2D eigenvalue weighted by molar-refractivity contribution is -0.137. The lowest BCUT2D eigenvalue weighted by atomic mass is 10.1. The number of pyridine rings is 1. The van der Waals surface area contributed by atoms with E-state index in [0.29, 0.717) is 11.4 Å². The monoisotopic (exact) mass is 255 g/mol. The molecular formula is C12H9N5O2. The third-order valence-electron chi connectivity index (χ3n) is 2.69. The van der Waals surface area contributed by atoms with E-state index in [1.165, 1.54) is 4.68 Å². The highest BCUT2D eigenvalue weighted by atomic mass is 16.4. The van der Waals surface area contributed by atoms with E-state index < -0.39 is 5.97 Å². The molecule has 0 aliphatic carbocycles. The van der Waals surface area contributed by atoms with Crippen molar-refractivity contribution in [2.24, 2.45) is 0 Å². The Labute approximate surface area is 107 Å². The number of rotatable bonds is 3. The molecule has 7 nitrogen and oxygen atoms in total. The number of aliphatic carboxylic acids is 1. The van der Waals surface area contributed by atoms with E-state index >= 15 is 0 Å². The van der Waals surface area contributed by atoms with Crippen LogP contribution < -0.4 is 0 Å². The van der Waals surface area contributed by atoms with Crippen molar-refractivity contribution in [2.75, 3.05) is 0 Å². The largest absolute Gasteiger partial charge is 0.480 e. The topological polar surface area (TPSA) is 93.8 Å². The summed E-state index contributed by atoms with van der Waals surface area (Å²) in [5, 5.41) is 20.9. The molecule has 0 aliphatic heterocycles. The normalized spacial score (nSPS) is 10.7. The summed E-state index contributed by atoms with van der Waals surface area (Å²) in [7, 11) is 0. The van der Waals surface area contributed by atoms with Crippen LogP contribution in [0.5, 0.6) is 0 Å². The van der Waals surface area contributed by atoms with Crippen LogP contribution in [-0.2, 0) is 11.3 Å². The van der Waals surface area contributed by atoms with Gasteiger partial charge < -0.3 is 5.11 Å². The lowest BCUT2D eigenvalue weighted by Crippen LogP contribution is -2.11. The third kappa shape index (κ3) is 2.01. The molecule has 1 N–H and O–H groups in total. The van der Waals surface area contributed by atoms with Gasteiger partial charge in [-0.05, 0) is 22.6 Å². The molecule has 0 amide bonds. The minimum Gasteiger partial charge on any atom is -0.480 e. The highest BCUT2D eigenvalue weighted by Gasteiger charge is 2.14. The average Bonchev–Trinajstić information content (AvgIpc) is 2.85. The van der Waals surface area contributed by atoms with Gasteiger partial charge in [-0.25, -0.2) is 4.68 Å². The van der Waals surface area contributed by atoms with Gasteiger partial charge in [-0.15, -0.1) is 5.10 Å². The van der Waals surface area contributed by atoms with Gasteiger partial charge in [0.25, 0.3) is 0 Å². The number of benzene rings is 1. The summed E-state index contributed by atoms with van der Waals surface area (Å²) in [6, 6.07) is 9.37. The Bertz CT molecular complexity index is 747. The van der Waals surface area contributed by atoms with Crippen molar-refractivity contribution in [1.29, 1.82) is 0 Å². The number of aromatic nitrogens is 5. The van der Waals surface area contributed by atoms with Crippen molar-refractivity contribution in [2.45, 2.75) is 6.54 Å². The van der Waals surface area contributed by atoms with Crippen LogP contribution in [0.1, 0.15) is 0 Å². The maximum Gasteiger partial charge on any atom is 0.325 e. The molecule has 0 unspecified atom stereocenters. The molecule has 0 atom stereocenters. The first-order chi connectivity index (χ1) is 9.25. The number of carbonyl (C=O) groups is 1. The molecular weight excluding hydrogens is 246 g/mol. The number of nitrogens with zero attached hydrogens (tertiary/aromatic N) is 5. The Morgan fingerprint density at radius 2 is 2.11 bits per heavy atom. The van der Waals surface area contributed by atoms with E-state index in [0.717, 1.165) is 10.9 Å². The molecule has 94 valence electrons. The molecule has 0 bridgehead atoms. The molecule has 0 radical (unpaired) electrons. The molecule has 1 aromatic carbocycles. The van der Waals surface area contributed by atoms with Gasteiger partial charge in [0.1, 0.15) is 6.54 Å². The van der Waals surface area contributed by atoms with E-state index in [1.54, 1.807) is 6.20 Å². The Morgan fingerprint density at radius 1 is 1.26 bits per heavy atom. The Hall–Kier alpha value is -2.83. The first-order valence-corrected chi connectivity index (χ1v) is 5.58. The Balaban J connectivity index is 2.20.